The van der Waals surface area contributed by atoms with Gasteiger partial charge in [-0.05, 0) is 5.41 Å². The number of carbonyl (C=O) groups is 2. The monoisotopic (exact) mass is 306 g/mol. The van der Waals surface area contributed by atoms with Crippen molar-refractivity contribution in [3.05, 3.63) is 0 Å². The molecule has 0 aromatic rings. The van der Waals surface area contributed by atoms with Crippen molar-refractivity contribution in [2.75, 3.05) is 23.8 Å². The number of nitrogens with one attached hydrogen (secondary N) is 2. The normalized spacial score (nSPS) is 21.5. The summed E-state index contributed by atoms with van der Waals surface area (Å²) in [5.74, 6) is 2.30. The van der Waals surface area contributed by atoms with Gasteiger partial charge in [0.25, 0.3) is 0 Å². The molecule has 1 rings (SSSR count). The van der Waals surface area contributed by atoms with Crippen molar-refractivity contribution in [2.45, 2.75) is 32.1 Å². The van der Waals surface area contributed by atoms with E-state index in [-0.39, 0.29) is 0 Å². The van der Waals surface area contributed by atoms with Crippen LogP contribution in [0.5, 0.6) is 0 Å². The molecule has 0 aromatic heterocycles. The van der Waals surface area contributed by atoms with Gasteiger partial charge in [0.1, 0.15) is 6.04 Å². The maximum absolute atomic E-state index is 11.7. The fraction of sp³-hybridized carbons (Fsp3) is 0.833. The molecule has 1 fully saturated rings. The summed E-state index contributed by atoms with van der Waals surface area (Å²) in [4.78, 5) is 22.9. The first-order chi connectivity index (χ1) is 8.80. The van der Waals surface area contributed by atoms with E-state index >= 15 is 0 Å². The summed E-state index contributed by atoms with van der Waals surface area (Å²) in [6.45, 7) is 5.96. The Labute approximate surface area is 122 Å². The van der Waals surface area contributed by atoms with E-state index in [4.69, 9.17) is 5.11 Å². The smallest absolute Gasteiger partial charge is 0.326 e. The molecule has 0 bridgehead atoms. The molecule has 0 aliphatic carbocycles. The first-order valence-corrected chi connectivity index (χ1v) is 8.47. The summed E-state index contributed by atoms with van der Waals surface area (Å²) in [5, 5.41) is 14.8. The van der Waals surface area contributed by atoms with Crippen molar-refractivity contribution in [2.24, 2.45) is 5.41 Å². The lowest BCUT2D eigenvalue weighted by molar-refractivity contribution is -0.141. The maximum Gasteiger partial charge on any atom is 0.326 e. The molecule has 1 unspecified atom stereocenters. The van der Waals surface area contributed by atoms with Crippen LogP contribution < -0.4 is 10.6 Å². The minimum atomic E-state index is -1.01. The third-order valence-corrected chi connectivity index (χ3v) is 5.61. The number of carboxylic acid groups (broad SMARTS) is 1. The molecule has 2 atom stereocenters. The van der Waals surface area contributed by atoms with Gasteiger partial charge >= 0.3 is 12.0 Å². The van der Waals surface area contributed by atoms with Crippen molar-refractivity contribution in [1.82, 2.24) is 10.6 Å². The van der Waals surface area contributed by atoms with Crippen LogP contribution in [0.25, 0.3) is 0 Å². The maximum atomic E-state index is 11.7. The Bertz CT molecular complexity index is 325. The molecule has 1 aliphatic heterocycles. The van der Waals surface area contributed by atoms with Gasteiger partial charge in [-0.15, -0.1) is 0 Å². The number of carboxylic acids is 1. The number of rotatable bonds is 4. The van der Waals surface area contributed by atoms with Gasteiger partial charge in [0, 0.05) is 29.1 Å². The highest BCUT2D eigenvalue weighted by atomic mass is 32.2. The summed E-state index contributed by atoms with van der Waals surface area (Å²) in [6.07, 6.45) is 0. The van der Waals surface area contributed by atoms with Gasteiger partial charge in [-0.1, -0.05) is 20.8 Å². The van der Waals surface area contributed by atoms with E-state index in [2.05, 4.69) is 10.6 Å². The topological polar surface area (TPSA) is 78.4 Å². The largest absolute Gasteiger partial charge is 0.480 e. The van der Waals surface area contributed by atoms with Crippen LogP contribution >= 0.6 is 23.5 Å². The molecule has 0 radical (unpaired) electrons. The Morgan fingerprint density at radius 1 is 1.37 bits per heavy atom. The Hall–Kier alpha value is -0.560. The Morgan fingerprint density at radius 3 is 2.53 bits per heavy atom. The number of thioether (sulfide) groups is 2. The van der Waals surface area contributed by atoms with Gasteiger partial charge in [0.05, 0.1) is 0 Å². The Kier molecular flexibility index (Phi) is 6.32. The quantitative estimate of drug-likeness (QED) is 0.736. The van der Waals surface area contributed by atoms with Gasteiger partial charge in [-0.25, -0.2) is 9.59 Å². The second kappa shape index (κ2) is 7.28. The lowest BCUT2D eigenvalue weighted by atomic mass is 9.87. The van der Waals surface area contributed by atoms with E-state index in [1.807, 2.05) is 23.5 Å². The molecule has 0 saturated carbocycles. The lowest BCUT2D eigenvalue weighted by Gasteiger charge is -2.28. The van der Waals surface area contributed by atoms with Crippen LogP contribution in [0.2, 0.25) is 0 Å². The SMILES string of the molecule is CC(C)(C)[C@H](NC(=O)NCC1CSCCS1)C(=O)O. The number of hydrogen-bond donors (Lipinski definition) is 3. The van der Waals surface area contributed by atoms with Crippen LogP contribution in [0.1, 0.15) is 20.8 Å². The van der Waals surface area contributed by atoms with Gasteiger partial charge in [0.2, 0.25) is 0 Å². The predicted molar refractivity (Wildman–Crippen MR) is 81.0 cm³/mol. The first-order valence-electron chi connectivity index (χ1n) is 6.27. The number of carbonyl (C=O) groups excluding carboxylic acids is 1. The van der Waals surface area contributed by atoms with Gasteiger partial charge in [-0.2, -0.15) is 23.5 Å². The predicted octanol–water partition coefficient (Wildman–Crippen LogP) is 1.63. The van der Waals surface area contributed by atoms with Crippen LogP contribution in [-0.2, 0) is 4.79 Å². The van der Waals surface area contributed by atoms with Crippen LogP contribution in [0.4, 0.5) is 4.79 Å². The van der Waals surface area contributed by atoms with E-state index in [1.54, 1.807) is 20.8 Å². The number of amides is 2. The fourth-order valence-corrected chi connectivity index (χ4v) is 4.30. The summed E-state index contributed by atoms with van der Waals surface area (Å²) >= 11 is 3.75. The Morgan fingerprint density at radius 2 is 2.05 bits per heavy atom. The van der Waals surface area contributed by atoms with Gasteiger partial charge in [-0.3, -0.25) is 0 Å². The van der Waals surface area contributed by atoms with E-state index in [0.717, 1.165) is 11.5 Å². The van der Waals surface area contributed by atoms with E-state index < -0.39 is 23.5 Å². The van der Waals surface area contributed by atoms with Crippen LogP contribution in [0.3, 0.4) is 0 Å². The van der Waals surface area contributed by atoms with Crippen molar-refractivity contribution in [1.29, 1.82) is 0 Å². The summed E-state index contributed by atoms with van der Waals surface area (Å²) in [5.41, 5.74) is -0.515. The van der Waals surface area contributed by atoms with Crippen molar-refractivity contribution >= 4 is 35.5 Å². The molecular formula is C12H22N2O3S2. The third-order valence-electron chi connectivity index (χ3n) is 2.76. The third kappa shape index (κ3) is 5.95. The molecule has 0 aromatic carbocycles. The Balaban J connectivity index is 2.38. The number of aliphatic carboxylic acids is 1. The number of urea groups is 1. The molecule has 0 spiro atoms. The van der Waals surface area contributed by atoms with E-state index in [9.17, 15) is 9.59 Å². The van der Waals surface area contributed by atoms with Crippen molar-refractivity contribution in [3.63, 3.8) is 0 Å². The molecule has 7 heteroatoms. The zero-order valence-corrected chi connectivity index (χ0v) is 13.2. The molecule has 110 valence electrons. The highest BCUT2D eigenvalue weighted by Gasteiger charge is 2.32. The average Bonchev–Trinajstić information content (AvgIpc) is 2.33. The first kappa shape index (κ1) is 16.5. The average molecular weight is 306 g/mol. The molecule has 19 heavy (non-hydrogen) atoms. The molecule has 1 heterocycles. The summed E-state index contributed by atoms with van der Waals surface area (Å²) < 4.78 is 0. The van der Waals surface area contributed by atoms with Crippen LogP contribution in [0, 0.1) is 5.41 Å². The summed E-state index contributed by atoms with van der Waals surface area (Å²) in [6, 6.07) is -1.29. The van der Waals surface area contributed by atoms with E-state index in [0.29, 0.717) is 11.8 Å². The van der Waals surface area contributed by atoms with Crippen LogP contribution in [0.15, 0.2) is 0 Å². The molecular weight excluding hydrogens is 284 g/mol. The standard InChI is InChI=1S/C12H22N2O3S2/c1-12(2,3)9(10(15)16)14-11(17)13-6-8-7-18-4-5-19-8/h8-9H,4-7H2,1-3H3,(H,15,16)(H2,13,14,17)/t8?,9-/m1/s1. The van der Waals surface area contributed by atoms with Crippen molar-refractivity contribution in [3.8, 4) is 0 Å². The molecule has 5 nitrogen and oxygen atoms in total. The van der Waals surface area contributed by atoms with Gasteiger partial charge < -0.3 is 15.7 Å². The molecule has 1 aliphatic rings. The second-order valence-electron chi connectivity index (χ2n) is 5.56. The molecule has 2 amide bonds. The molecule has 1 saturated heterocycles. The second-order valence-corrected chi connectivity index (χ2v) is 8.12. The number of hydrogen-bond acceptors (Lipinski definition) is 4. The highest BCUT2D eigenvalue weighted by molar-refractivity contribution is 8.06. The highest BCUT2D eigenvalue weighted by Crippen LogP contribution is 2.23. The zero-order valence-electron chi connectivity index (χ0n) is 11.6. The lowest BCUT2D eigenvalue weighted by Crippen LogP contribution is -2.53. The van der Waals surface area contributed by atoms with Gasteiger partial charge in [0.15, 0.2) is 0 Å². The zero-order chi connectivity index (χ0) is 14.5. The van der Waals surface area contributed by atoms with Crippen molar-refractivity contribution < 1.29 is 14.7 Å². The minimum absolute atomic E-state index is 0.404. The fourth-order valence-electron chi connectivity index (χ4n) is 1.69. The van der Waals surface area contributed by atoms with E-state index in [1.165, 1.54) is 5.75 Å². The summed E-state index contributed by atoms with van der Waals surface area (Å²) in [7, 11) is 0. The van der Waals surface area contributed by atoms with Crippen LogP contribution in [-0.4, -0.2) is 52.2 Å². The molecule has 3 N–H and O–H groups in total. The minimum Gasteiger partial charge on any atom is -0.480 e.